The van der Waals surface area contributed by atoms with Crippen LogP contribution in [0.5, 0.6) is 11.5 Å². The average Bonchev–Trinajstić information content (AvgIpc) is 2.91. The molecule has 0 fully saturated rings. The molecular weight excluding hydrogens is 434 g/mol. The van der Waals surface area contributed by atoms with Crippen molar-refractivity contribution < 1.29 is 42.9 Å². The molecule has 7 heteroatoms. The van der Waals surface area contributed by atoms with Crippen LogP contribution in [0.1, 0.15) is 38.7 Å². The van der Waals surface area contributed by atoms with Crippen molar-refractivity contribution in [2.75, 3.05) is 53.5 Å². The topological polar surface area (TPSA) is 80.6 Å². The third-order valence-electron chi connectivity index (χ3n) is 4.54. The summed E-state index contributed by atoms with van der Waals surface area (Å²) in [6.45, 7) is -11.3. The minimum Gasteiger partial charge on any atom is -0.491 e. The van der Waals surface area contributed by atoms with E-state index in [1.165, 1.54) is 52.3 Å². The van der Waals surface area contributed by atoms with Gasteiger partial charge in [0, 0.05) is 38.7 Å². The van der Waals surface area contributed by atoms with Gasteiger partial charge in [0.1, 0.15) is 36.8 Å². The molecule has 0 aliphatic rings. The number of hydrogen-bond acceptors (Lipinski definition) is 7. The fourth-order valence-electron chi connectivity index (χ4n) is 2.66. The van der Waals surface area contributed by atoms with Crippen LogP contribution in [0, 0.1) is 0 Å². The number of hydrogen-bond donors (Lipinski definition) is 2. The number of nitrogens with zero attached hydrogens (tertiary/aromatic N) is 1. The van der Waals surface area contributed by atoms with Crippen molar-refractivity contribution >= 4 is 0 Å². The fraction of sp³-hybridized carbons (Fsp3) is 0.556. The second kappa shape index (κ2) is 15.7. The van der Waals surface area contributed by atoms with E-state index in [2.05, 4.69) is 0 Å². The van der Waals surface area contributed by atoms with Gasteiger partial charge < -0.3 is 29.2 Å². The number of aliphatic hydroxyl groups is 2. The highest BCUT2D eigenvalue weighted by atomic mass is 16.5. The van der Waals surface area contributed by atoms with Crippen LogP contribution in [0.25, 0.3) is 0 Å². The molecule has 0 bridgehead atoms. The van der Waals surface area contributed by atoms with Crippen LogP contribution in [-0.4, -0.2) is 86.9 Å². The molecule has 2 aromatic carbocycles. The molecule has 0 aliphatic carbocycles. The maximum atomic E-state index is 11.1. The van der Waals surface area contributed by atoms with Crippen molar-refractivity contribution in [3.8, 4) is 11.5 Å². The number of methoxy groups -OCH3 is 2. The van der Waals surface area contributed by atoms with E-state index in [1.54, 1.807) is 24.3 Å². The summed E-state index contributed by atoms with van der Waals surface area (Å²) in [7, 11) is 3.06. The normalized spacial score (nSPS) is 21.2. The highest BCUT2D eigenvalue weighted by Gasteiger charge is 2.19. The van der Waals surface area contributed by atoms with Gasteiger partial charge in [0.05, 0.1) is 21.4 Å². The zero-order chi connectivity index (χ0) is 33.8. The lowest BCUT2D eigenvalue weighted by atomic mass is 10.1. The molecule has 0 heterocycles. The minimum atomic E-state index is -3.91. The summed E-state index contributed by atoms with van der Waals surface area (Å²) < 4.78 is 105. The third-order valence-corrected chi connectivity index (χ3v) is 4.54. The van der Waals surface area contributed by atoms with Gasteiger partial charge in [-0.1, -0.05) is 24.3 Å². The van der Waals surface area contributed by atoms with E-state index in [-0.39, 0.29) is 16.4 Å². The summed E-state index contributed by atoms with van der Waals surface area (Å²) in [5, 5.41) is 22.1. The molecule has 0 amide bonds. The monoisotopic (exact) mass is 485 g/mol. The molecule has 0 saturated carbocycles. The largest absolute Gasteiger partial charge is 0.491 e. The van der Waals surface area contributed by atoms with Crippen LogP contribution < -0.4 is 9.47 Å². The van der Waals surface area contributed by atoms with E-state index < -0.39 is 44.3 Å². The maximum Gasteiger partial charge on any atom is 0.119 e. The number of ether oxygens (including phenoxy) is 4. The minimum absolute atomic E-state index is 0.0179. The summed E-state index contributed by atoms with van der Waals surface area (Å²) in [4.78, 5) is 0.0179. The fourth-order valence-corrected chi connectivity index (χ4v) is 2.66. The Bertz CT molecular complexity index is 1110. The lowest BCUT2D eigenvalue weighted by molar-refractivity contribution is 0.0196. The average molecular weight is 486 g/mol. The van der Waals surface area contributed by atoms with E-state index >= 15 is 0 Å². The van der Waals surface area contributed by atoms with Crippen LogP contribution in [0.3, 0.4) is 0 Å². The summed E-state index contributed by atoms with van der Waals surface area (Å²) in [5.74, 6) is -0.349. The van der Waals surface area contributed by atoms with Gasteiger partial charge in [-0.25, -0.2) is 0 Å². The maximum absolute atomic E-state index is 11.1. The van der Waals surface area contributed by atoms with Gasteiger partial charge in [0.25, 0.3) is 0 Å². The van der Waals surface area contributed by atoms with Crippen molar-refractivity contribution in [3.63, 3.8) is 0 Å². The Balaban J connectivity index is 2.42. The van der Waals surface area contributed by atoms with E-state index in [0.29, 0.717) is 26.1 Å². The van der Waals surface area contributed by atoms with Gasteiger partial charge in [0.15, 0.2) is 0 Å². The molecule has 2 rings (SSSR count). The molecule has 0 aliphatic heterocycles. The van der Waals surface area contributed by atoms with Gasteiger partial charge in [-0.2, -0.15) is 0 Å². The first-order valence-electron chi connectivity index (χ1n) is 15.9. The van der Waals surface area contributed by atoms with E-state index in [4.69, 9.17) is 32.7 Å². The Kier molecular flexibility index (Phi) is 7.61. The summed E-state index contributed by atoms with van der Waals surface area (Å²) in [6.07, 6.45) is -6.73. The lowest BCUT2D eigenvalue weighted by Crippen LogP contribution is -2.45. The highest BCUT2D eigenvalue weighted by Crippen LogP contribution is 2.15. The molecule has 0 aromatic heterocycles. The molecule has 34 heavy (non-hydrogen) atoms. The third kappa shape index (κ3) is 10.8. The Labute approximate surface area is 218 Å². The summed E-state index contributed by atoms with van der Waals surface area (Å²) >= 11 is 0. The van der Waals surface area contributed by atoms with Gasteiger partial charge >= 0.3 is 0 Å². The molecule has 2 aromatic rings. The number of rotatable bonds is 17. The van der Waals surface area contributed by atoms with E-state index in [9.17, 15) is 10.2 Å². The van der Waals surface area contributed by atoms with Crippen molar-refractivity contribution in [3.05, 3.63) is 59.7 Å². The Morgan fingerprint density at radius 3 is 1.47 bits per heavy atom. The van der Waals surface area contributed by atoms with Crippen molar-refractivity contribution in [1.29, 1.82) is 0 Å². The first kappa shape index (κ1) is 16.5. The van der Waals surface area contributed by atoms with Gasteiger partial charge in [-0.3, -0.25) is 4.90 Å². The Morgan fingerprint density at radius 1 is 0.765 bits per heavy atom. The summed E-state index contributed by atoms with van der Waals surface area (Å²) in [5.41, 5.74) is 1.62. The van der Waals surface area contributed by atoms with E-state index in [0.717, 1.165) is 11.1 Å². The highest BCUT2D eigenvalue weighted by molar-refractivity contribution is 5.28. The molecule has 2 unspecified atom stereocenters. The molecule has 2 atom stereocenters. The second-order valence-electron chi connectivity index (χ2n) is 7.57. The standard InChI is InChI=1S/C27H41NO6/c1-21(2)28(17-24(29)19-33-26-9-5-22(6-10-26)13-15-31-3)18-25(30)20-34-27-11-7-23(8-12-27)14-16-32-4/h5-12,21,24-25,29-30H,13-20H2,1-4H3/i17D2,18D2,19D2,20D2,24D,25D. The number of benzene rings is 2. The predicted octanol–water partition coefficient (Wildman–Crippen LogP) is 2.95. The molecular formula is C27H41NO6. The van der Waals surface area contributed by atoms with Crippen molar-refractivity contribution in [2.24, 2.45) is 0 Å². The van der Waals surface area contributed by atoms with Gasteiger partial charge in [-0.15, -0.1) is 0 Å². The van der Waals surface area contributed by atoms with Gasteiger partial charge in [-0.05, 0) is 62.1 Å². The first-order chi connectivity index (χ1) is 20.1. The zero-order valence-corrected chi connectivity index (χ0v) is 20.0. The molecule has 0 saturated heterocycles. The smallest absolute Gasteiger partial charge is 0.119 e. The van der Waals surface area contributed by atoms with Crippen LogP contribution in [-0.2, 0) is 22.3 Å². The zero-order valence-electron chi connectivity index (χ0n) is 30.0. The second-order valence-corrected chi connectivity index (χ2v) is 7.57. The van der Waals surface area contributed by atoms with E-state index in [1.807, 2.05) is 0 Å². The molecule has 0 radical (unpaired) electrons. The predicted molar refractivity (Wildman–Crippen MR) is 134 cm³/mol. The van der Waals surface area contributed by atoms with Crippen molar-refractivity contribution in [2.45, 2.75) is 44.9 Å². The van der Waals surface area contributed by atoms with Crippen molar-refractivity contribution in [1.82, 2.24) is 4.90 Å². The molecule has 0 spiro atoms. The lowest BCUT2D eigenvalue weighted by Gasteiger charge is -2.30. The van der Waals surface area contributed by atoms with Crippen LogP contribution in [0.4, 0.5) is 0 Å². The Hall–Kier alpha value is -2.16. The van der Waals surface area contributed by atoms with Crippen LogP contribution in [0.15, 0.2) is 48.5 Å². The van der Waals surface area contributed by atoms with Crippen LogP contribution in [0.2, 0.25) is 0 Å². The molecule has 7 nitrogen and oxygen atoms in total. The quantitative estimate of drug-likeness (QED) is 0.357. The SMILES string of the molecule is [2H]C([2H])(Oc1ccc(CCOC)cc1)C([2H])(O)C([2H])([2H])N(C(C)C)C([2H])([2H])C([2H])(O)C([2H])([2H])Oc1ccc(CCOC)cc1. The van der Waals surface area contributed by atoms with Gasteiger partial charge in [0.2, 0.25) is 0 Å². The molecule has 190 valence electrons. The first-order valence-corrected chi connectivity index (χ1v) is 10.9. The Morgan fingerprint density at radius 2 is 1.15 bits per heavy atom. The molecule has 2 N–H and O–H groups in total. The summed E-state index contributed by atoms with van der Waals surface area (Å²) in [6, 6.07) is 10.3. The van der Waals surface area contributed by atoms with Crippen LogP contribution >= 0.6 is 0 Å².